The van der Waals surface area contributed by atoms with Crippen LogP contribution in [0.25, 0.3) is 0 Å². The zero-order chi connectivity index (χ0) is 32.0. The minimum Gasteiger partial charge on any atom is -0.544 e. The van der Waals surface area contributed by atoms with E-state index in [4.69, 9.17) is 20.0 Å². The number of nitro benzene ring substituents is 1. The number of fused-ring (bicyclic) bond motifs is 3. The number of carbonyl (C=O) groups excluding carboxylic acids is 5. The van der Waals surface area contributed by atoms with E-state index in [1.807, 2.05) is 0 Å². The minimum atomic E-state index is -2.27. The molecule has 232 valence electrons. The Morgan fingerprint density at radius 2 is 1.98 bits per heavy atom. The van der Waals surface area contributed by atoms with Gasteiger partial charge in [0, 0.05) is 23.3 Å². The van der Waals surface area contributed by atoms with Crippen molar-refractivity contribution in [2.24, 2.45) is 5.16 Å². The van der Waals surface area contributed by atoms with Gasteiger partial charge in [-0.25, -0.2) is 9.78 Å². The van der Waals surface area contributed by atoms with Crippen molar-refractivity contribution >= 4 is 69.4 Å². The van der Waals surface area contributed by atoms with E-state index in [1.54, 1.807) is 0 Å². The van der Waals surface area contributed by atoms with Crippen molar-refractivity contribution in [3.8, 4) is 0 Å². The van der Waals surface area contributed by atoms with Crippen LogP contribution in [0, 0.1) is 10.1 Å². The molecule has 3 fully saturated rings. The molecule has 4 heterocycles. The smallest absolute Gasteiger partial charge is 0.544 e. The van der Waals surface area contributed by atoms with Gasteiger partial charge in [0.25, 0.3) is 17.5 Å². The number of carboxylic acids is 1. The van der Waals surface area contributed by atoms with Gasteiger partial charge < -0.3 is 35.3 Å². The number of nitrogens with zero attached hydrogens (tertiary/aromatic N) is 4. The number of carboxylic acid groups (broad SMARTS) is 1. The molecule has 4 atom stereocenters. The van der Waals surface area contributed by atoms with Gasteiger partial charge in [0.1, 0.15) is 24.3 Å². The fraction of sp³-hybridized carbons (Fsp3) is 0.400. The number of aromatic nitrogens is 1. The van der Waals surface area contributed by atoms with Crippen LogP contribution in [-0.4, -0.2) is 84.7 Å². The van der Waals surface area contributed by atoms with Crippen molar-refractivity contribution in [1.29, 1.82) is 0 Å². The Morgan fingerprint density at radius 1 is 1.29 bits per heavy atom. The number of esters is 2. The molecule has 20 heteroatoms. The number of non-ortho nitro benzene ring substituents is 1. The molecular weight excluding hydrogens is 647 g/mol. The Bertz CT molecular complexity index is 1600. The first-order chi connectivity index (χ1) is 20.7. The fourth-order valence-electron chi connectivity index (χ4n) is 4.76. The third-order valence-corrected chi connectivity index (χ3v) is 9.13. The summed E-state index contributed by atoms with van der Waals surface area (Å²) in [5, 5.41) is 29.9. The Kier molecular flexibility index (Phi) is 9.78. The molecule has 0 radical (unpaired) electrons. The van der Waals surface area contributed by atoms with Crippen LogP contribution in [-0.2, 0) is 44.9 Å². The molecule has 3 aliphatic rings. The normalized spacial score (nSPS) is 23.8. The van der Waals surface area contributed by atoms with E-state index < -0.39 is 69.0 Å². The van der Waals surface area contributed by atoms with Gasteiger partial charge in [-0.3, -0.25) is 29.4 Å². The molecule has 3 aliphatic heterocycles. The number of β-lactam (4-membered cyclic amide) rings is 1. The number of nitrogens with two attached hydrogens (primary N) is 1. The number of amides is 2. The molecule has 17 nitrogen and oxygen atoms in total. The summed E-state index contributed by atoms with van der Waals surface area (Å²) in [6, 6.07) is 3.32. The van der Waals surface area contributed by atoms with Gasteiger partial charge in [-0.2, -0.15) is 0 Å². The number of anilines is 1. The summed E-state index contributed by atoms with van der Waals surface area (Å²) in [6.45, 7) is 2.42. The van der Waals surface area contributed by atoms with E-state index in [1.165, 1.54) is 43.5 Å². The zero-order valence-corrected chi connectivity index (χ0v) is 27.5. The molecule has 1 aromatic heterocycles. The van der Waals surface area contributed by atoms with Gasteiger partial charge in [-0.15, -0.1) is 23.1 Å². The largest absolute Gasteiger partial charge is 1.00 e. The molecule has 2 aromatic rings. The summed E-state index contributed by atoms with van der Waals surface area (Å²) in [7, 11) is 0. The zero-order valence-electron chi connectivity index (χ0n) is 23.9. The number of carbonyl (C=O) groups is 5. The van der Waals surface area contributed by atoms with Gasteiger partial charge in [-0.05, 0) is 31.5 Å². The van der Waals surface area contributed by atoms with E-state index in [0.717, 1.165) is 28.0 Å². The van der Waals surface area contributed by atoms with Crippen LogP contribution in [0.15, 0.2) is 34.8 Å². The molecule has 0 aliphatic carbocycles. The Hall–Kier alpha value is -3.78. The molecule has 45 heavy (non-hydrogen) atoms. The van der Waals surface area contributed by atoms with Crippen LogP contribution in [0.3, 0.4) is 0 Å². The first-order valence-corrected chi connectivity index (χ1v) is 14.7. The molecule has 3 saturated heterocycles. The SMILES string of the molecule is CC(C)(O/N=C(/C(=O)N[C@@H]1C(=O)N2[C@@H]1CS[C@@H]1CC(=O)O[C@]12C(=O)[O-])c1csc(N)n1)C(=O)OCc1ccc([N+](=O)[O-])cc1.[Na+]. The number of hydrogen-bond donors (Lipinski definition) is 2. The summed E-state index contributed by atoms with van der Waals surface area (Å²) < 4.78 is 10.3. The Morgan fingerprint density at radius 3 is 2.58 bits per heavy atom. The average Bonchev–Trinajstić information content (AvgIpc) is 3.56. The Balaban J connectivity index is 0.00000461. The fourth-order valence-corrected chi connectivity index (χ4v) is 6.82. The van der Waals surface area contributed by atoms with Crippen molar-refractivity contribution in [3.05, 3.63) is 51.0 Å². The molecule has 5 rings (SSSR count). The van der Waals surface area contributed by atoms with Crippen LogP contribution in [0.5, 0.6) is 0 Å². The van der Waals surface area contributed by atoms with Crippen molar-refractivity contribution < 1.29 is 77.9 Å². The van der Waals surface area contributed by atoms with Gasteiger partial charge in [0.05, 0.1) is 22.6 Å². The number of rotatable bonds is 10. The molecular formula is C25H23N6NaO11S2. The van der Waals surface area contributed by atoms with Crippen LogP contribution in [0.4, 0.5) is 10.8 Å². The number of benzene rings is 1. The van der Waals surface area contributed by atoms with Crippen molar-refractivity contribution in [3.63, 3.8) is 0 Å². The van der Waals surface area contributed by atoms with Crippen molar-refractivity contribution in [1.82, 2.24) is 15.2 Å². The maximum Gasteiger partial charge on any atom is 1.00 e. The van der Waals surface area contributed by atoms with Crippen LogP contribution in [0.2, 0.25) is 0 Å². The molecule has 0 bridgehead atoms. The number of ether oxygens (including phenoxy) is 2. The topological polar surface area (TPSA) is 246 Å². The minimum absolute atomic E-state index is 0. The van der Waals surface area contributed by atoms with E-state index >= 15 is 0 Å². The summed E-state index contributed by atoms with van der Waals surface area (Å²) in [6.07, 6.45) is -0.211. The summed E-state index contributed by atoms with van der Waals surface area (Å²) in [4.78, 5) is 83.9. The molecule has 2 amide bonds. The maximum atomic E-state index is 13.4. The predicted molar refractivity (Wildman–Crippen MR) is 148 cm³/mol. The number of thioether (sulfide) groups is 1. The second kappa shape index (κ2) is 12.9. The van der Waals surface area contributed by atoms with Gasteiger partial charge in [0.2, 0.25) is 11.3 Å². The number of hydrogen-bond acceptors (Lipinski definition) is 16. The molecule has 0 spiro atoms. The van der Waals surface area contributed by atoms with Gasteiger partial charge in [-0.1, -0.05) is 5.16 Å². The average molecular weight is 671 g/mol. The van der Waals surface area contributed by atoms with Crippen LogP contribution >= 0.6 is 23.1 Å². The standard InChI is InChI=1S/C25H24N6O11S2.Na/c1-24(2,22(37)40-8-11-3-5-12(6-4-11)31(38)39)42-29-17(13-9-44-23(26)27-13)19(33)28-18-14-10-43-15-7-16(32)41-25(15,21(35)36)30(14)20(18)34;/h3-6,9,14-15,18H,7-8,10H2,1-2H3,(H2,26,27)(H,28,33)(H,35,36);/q;+1/p-1/b29-17+;/t14-,15-,18+,25+;/m1./s1. The van der Waals surface area contributed by atoms with E-state index in [2.05, 4.69) is 15.5 Å². The summed E-state index contributed by atoms with van der Waals surface area (Å²) >= 11 is 2.10. The third-order valence-electron chi connectivity index (χ3n) is 7.04. The molecule has 1 aromatic carbocycles. The quantitative estimate of drug-likeness (QED) is 0.0613. The predicted octanol–water partition coefficient (Wildman–Crippen LogP) is -3.92. The van der Waals surface area contributed by atoms with Crippen molar-refractivity contribution in [2.45, 2.75) is 55.5 Å². The summed E-state index contributed by atoms with van der Waals surface area (Å²) in [5.74, 6) is -4.95. The monoisotopic (exact) mass is 670 g/mol. The first kappa shape index (κ1) is 34.1. The van der Waals surface area contributed by atoms with E-state index in [-0.39, 0.29) is 64.9 Å². The second-order valence-corrected chi connectivity index (χ2v) is 12.4. The number of oxime groups is 1. The number of nitrogens with one attached hydrogen (secondary N) is 1. The number of aliphatic carboxylic acids is 1. The summed E-state index contributed by atoms with van der Waals surface area (Å²) in [5.41, 5.74) is 1.58. The Labute approximate surface area is 284 Å². The van der Waals surface area contributed by atoms with E-state index in [9.17, 15) is 39.2 Å². The van der Waals surface area contributed by atoms with Gasteiger partial charge in [0.15, 0.2) is 10.8 Å². The van der Waals surface area contributed by atoms with Gasteiger partial charge >= 0.3 is 41.5 Å². The third kappa shape index (κ3) is 6.35. The first-order valence-electron chi connectivity index (χ1n) is 12.8. The van der Waals surface area contributed by atoms with E-state index in [0.29, 0.717) is 5.56 Å². The molecule has 3 N–H and O–H groups in total. The molecule has 0 saturated carbocycles. The number of thiazole rings is 1. The van der Waals surface area contributed by atoms with Crippen molar-refractivity contribution in [2.75, 3.05) is 11.5 Å². The molecule has 0 unspecified atom stereocenters. The number of nitro groups is 1. The number of nitrogen functional groups attached to an aromatic ring is 1. The van der Waals surface area contributed by atoms with Crippen LogP contribution in [0.1, 0.15) is 31.5 Å². The van der Waals surface area contributed by atoms with Crippen LogP contribution < -0.4 is 45.7 Å². The second-order valence-electron chi connectivity index (χ2n) is 10.3. The maximum absolute atomic E-state index is 13.4.